The molecular formula is C14H24N2O2. The topological polar surface area (TPSA) is 67.5 Å². The predicted octanol–water partition coefficient (Wildman–Crippen LogP) is 1.45. The zero-order chi connectivity index (χ0) is 13.4. The van der Waals surface area contributed by atoms with E-state index in [1.807, 2.05) is 24.3 Å². The van der Waals surface area contributed by atoms with Gasteiger partial charge in [0, 0.05) is 25.2 Å². The number of aliphatic hydroxyl groups is 1. The van der Waals surface area contributed by atoms with Crippen LogP contribution in [-0.4, -0.2) is 31.4 Å². The fourth-order valence-electron chi connectivity index (χ4n) is 1.98. The Hall–Kier alpha value is -1.10. The average molecular weight is 252 g/mol. The minimum absolute atomic E-state index is 0.119. The van der Waals surface area contributed by atoms with Crippen LogP contribution in [-0.2, 0) is 0 Å². The van der Waals surface area contributed by atoms with Gasteiger partial charge in [0.05, 0.1) is 7.11 Å². The van der Waals surface area contributed by atoms with Crippen molar-refractivity contribution in [2.24, 2.45) is 5.73 Å². The molecule has 0 aromatic heterocycles. The molecule has 2 atom stereocenters. The molecule has 4 N–H and O–H groups in total. The summed E-state index contributed by atoms with van der Waals surface area (Å²) in [5.41, 5.74) is 6.95. The van der Waals surface area contributed by atoms with E-state index in [1.54, 1.807) is 7.11 Å². The Morgan fingerprint density at radius 2 is 2.22 bits per heavy atom. The lowest BCUT2D eigenvalue weighted by Crippen LogP contribution is -2.35. The Kier molecular flexibility index (Phi) is 6.72. The molecule has 0 aliphatic carbocycles. The van der Waals surface area contributed by atoms with Crippen LogP contribution in [0.3, 0.4) is 0 Å². The van der Waals surface area contributed by atoms with Gasteiger partial charge < -0.3 is 20.9 Å². The molecular weight excluding hydrogens is 228 g/mol. The highest BCUT2D eigenvalue weighted by Gasteiger charge is 2.13. The molecule has 0 saturated heterocycles. The molecule has 0 radical (unpaired) electrons. The van der Waals surface area contributed by atoms with Crippen molar-refractivity contribution in [2.75, 3.05) is 20.3 Å². The van der Waals surface area contributed by atoms with Crippen LogP contribution in [0.15, 0.2) is 24.3 Å². The summed E-state index contributed by atoms with van der Waals surface area (Å²) in [6, 6.07) is 8.39. The van der Waals surface area contributed by atoms with Crippen molar-refractivity contribution in [3.8, 4) is 5.75 Å². The van der Waals surface area contributed by atoms with Crippen LogP contribution in [0.2, 0.25) is 0 Å². The van der Waals surface area contributed by atoms with Crippen LogP contribution in [0.5, 0.6) is 5.75 Å². The maximum absolute atomic E-state index is 8.82. The second-order valence-corrected chi connectivity index (χ2v) is 4.50. The van der Waals surface area contributed by atoms with Gasteiger partial charge in [0.1, 0.15) is 5.75 Å². The highest BCUT2D eigenvalue weighted by atomic mass is 16.5. The summed E-state index contributed by atoms with van der Waals surface area (Å²) < 4.78 is 5.22. The third kappa shape index (κ3) is 4.64. The third-order valence-electron chi connectivity index (χ3n) is 3.01. The van der Waals surface area contributed by atoms with Gasteiger partial charge in [-0.05, 0) is 37.5 Å². The van der Waals surface area contributed by atoms with Crippen molar-refractivity contribution >= 4 is 0 Å². The van der Waals surface area contributed by atoms with Gasteiger partial charge >= 0.3 is 0 Å². The van der Waals surface area contributed by atoms with Crippen LogP contribution in [0.25, 0.3) is 0 Å². The Labute approximate surface area is 109 Å². The SMILES string of the molecule is COc1cccc(C(CN)NC(C)CCCO)c1. The lowest BCUT2D eigenvalue weighted by Gasteiger charge is -2.22. The quantitative estimate of drug-likeness (QED) is 0.655. The normalized spacial score (nSPS) is 14.2. The van der Waals surface area contributed by atoms with E-state index in [1.165, 1.54) is 0 Å². The Morgan fingerprint density at radius 1 is 1.44 bits per heavy atom. The number of hydrogen-bond donors (Lipinski definition) is 3. The summed E-state index contributed by atoms with van der Waals surface area (Å²) in [7, 11) is 1.66. The van der Waals surface area contributed by atoms with E-state index in [9.17, 15) is 0 Å². The van der Waals surface area contributed by atoms with Gasteiger partial charge in [-0.1, -0.05) is 12.1 Å². The maximum Gasteiger partial charge on any atom is 0.119 e. The smallest absolute Gasteiger partial charge is 0.119 e. The minimum atomic E-state index is 0.119. The standard InChI is InChI=1S/C14H24N2O2/c1-11(5-4-8-17)16-14(10-15)12-6-3-7-13(9-12)18-2/h3,6-7,9,11,14,16-17H,4-5,8,10,15H2,1-2H3. The molecule has 0 fully saturated rings. The van der Waals surface area contributed by atoms with E-state index >= 15 is 0 Å². The lowest BCUT2D eigenvalue weighted by molar-refractivity contribution is 0.274. The molecule has 1 rings (SSSR count). The number of aliphatic hydroxyl groups excluding tert-OH is 1. The predicted molar refractivity (Wildman–Crippen MR) is 73.7 cm³/mol. The fraction of sp³-hybridized carbons (Fsp3) is 0.571. The molecule has 1 aromatic rings. The van der Waals surface area contributed by atoms with Crippen LogP contribution in [0.1, 0.15) is 31.4 Å². The highest BCUT2D eigenvalue weighted by molar-refractivity contribution is 5.30. The average Bonchev–Trinajstić information content (AvgIpc) is 2.42. The summed E-state index contributed by atoms with van der Waals surface area (Å²) >= 11 is 0. The van der Waals surface area contributed by atoms with E-state index in [0.717, 1.165) is 24.2 Å². The number of nitrogens with one attached hydrogen (secondary N) is 1. The molecule has 102 valence electrons. The number of methoxy groups -OCH3 is 1. The zero-order valence-electron chi connectivity index (χ0n) is 11.2. The highest BCUT2D eigenvalue weighted by Crippen LogP contribution is 2.19. The van der Waals surface area contributed by atoms with E-state index in [2.05, 4.69) is 12.2 Å². The Morgan fingerprint density at radius 3 is 2.83 bits per heavy atom. The van der Waals surface area contributed by atoms with Crippen LogP contribution >= 0.6 is 0 Å². The Balaban J connectivity index is 2.64. The molecule has 0 saturated carbocycles. The minimum Gasteiger partial charge on any atom is -0.497 e. The van der Waals surface area contributed by atoms with Crippen LogP contribution in [0, 0.1) is 0 Å². The van der Waals surface area contributed by atoms with Gasteiger partial charge in [-0.25, -0.2) is 0 Å². The van der Waals surface area contributed by atoms with Gasteiger partial charge in [-0.3, -0.25) is 0 Å². The second-order valence-electron chi connectivity index (χ2n) is 4.50. The third-order valence-corrected chi connectivity index (χ3v) is 3.01. The first-order valence-corrected chi connectivity index (χ1v) is 6.42. The van der Waals surface area contributed by atoms with Crippen molar-refractivity contribution in [3.63, 3.8) is 0 Å². The van der Waals surface area contributed by atoms with Gasteiger partial charge in [-0.2, -0.15) is 0 Å². The Bertz CT molecular complexity index is 344. The summed E-state index contributed by atoms with van der Waals surface area (Å²) in [4.78, 5) is 0. The fourth-order valence-corrected chi connectivity index (χ4v) is 1.98. The number of benzene rings is 1. The van der Waals surface area contributed by atoms with Gasteiger partial charge in [0.15, 0.2) is 0 Å². The lowest BCUT2D eigenvalue weighted by atomic mass is 10.0. The number of nitrogens with two attached hydrogens (primary N) is 1. The van der Waals surface area contributed by atoms with Crippen molar-refractivity contribution in [2.45, 2.75) is 31.8 Å². The van der Waals surface area contributed by atoms with Gasteiger partial charge in [-0.15, -0.1) is 0 Å². The molecule has 1 aromatic carbocycles. The molecule has 0 amide bonds. The van der Waals surface area contributed by atoms with E-state index in [4.69, 9.17) is 15.6 Å². The second kappa shape index (κ2) is 8.08. The van der Waals surface area contributed by atoms with Crippen LogP contribution < -0.4 is 15.8 Å². The van der Waals surface area contributed by atoms with E-state index in [-0.39, 0.29) is 12.6 Å². The van der Waals surface area contributed by atoms with E-state index in [0.29, 0.717) is 12.6 Å². The van der Waals surface area contributed by atoms with Crippen molar-refractivity contribution in [1.82, 2.24) is 5.32 Å². The molecule has 0 heterocycles. The van der Waals surface area contributed by atoms with Crippen molar-refractivity contribution in [1.29, 1.82) is 0 Å². The summed E-state index contributed by atoms with van der Waals surface area (Å²) in [5, 5.41) is 12.3. The van der Waals surface area contributed by atoms with Gasteiger partial charge in [0.2, 0.25) is 0 Å². The molecule has 2 unspecified atom stereocenters. The molecule has 4 nitrogen and oxygen atoms in total. The molecule has 18 heavy (non-hydrogen) atoms. The molecule has 0 aliphatic heterocycles. The van der Waals surface area contributed by atoms with Crippen molar-refractivity contribution < 1.29 is 9.84 Å². The van der Waals surface area contributed by atoms with Gasteiger partial charge in [0.25, 0.3) is 0 Å². The summed E-state index contributed by atoms with van der Waals surface area (Å²) in [6.07, 6.45) is 1.75. The first-order chi connectivity index (χ1) is 8.71. The van der Waals surface area contributed by atoms with Crippen LogP contribution in [0.4, 0.5) is 0 Å². The monoisotopic (exact) mass is 252 g/mol. The number of hydrogen-bond acceptors (Lipinski definition) is 4. The largest absolute Gasteiger partial charge is 0.497 e. The number of rotatable bonds is 8. The number of ether oxygens (including phenoxy) is 1. The van der Waals surface area contributed by atoms with Crippen molar-refractivity contribution in [3.05, 3.63) is 29.8 Å². The summed E-state index contributed by atoms with van der Waals surface area (Å²) in [5.74, 6) is 0.843. The zero-order valence-corrected chi connectivity index (χ0v) is 11.2. The van der Waals surface area contributed by atoms with E-state index < -0.39 is 0 Å². The molecule has 0 aliphatic rings. The summed E-state index contributed by atoms with van der Waals surface area (Å²) in [6.45, 7) is 2.88. The first-order valence-electron chi connectivity index (χ1n) is 6.42. The molecule has 4 heteroatoms. The molecule has 0 spiro atoms. The molecule has 0 bridgehead atoms. The maximum atomic E-state index is 8.82. The first kappa shape index (κ1) is 15.0.